The molecule has 2 rings (SSSR count). The first-order chi connectivity index (χ1) is 6.81. The number of rotatable bonds is 2. The SMILES string of the molecule is CCc1cc(Cl)n(-c2ccccn2)n1. The fourth-order valence-electron chi connectivity index (χ4n) is 1.22. The molecule has 0 aliphatic heterocycles. The second kappa shape index (κ2) is 3.80. The minimum Gasteiger partial charge on any atom is -0.237 e. The van der Waals surface area contributed by atoms with Crippen LogP contribution in [0, 0.1) is 0 Å². The summed E-state index contributed by atoms with van der Waals surface area (Å²) in [5, 5.41) is 4.92. The Morgan fingerprint density at radius 3 is 2.86 bits per heavy atom. The van der Waals surface area contributed by atoms with Gasteiger partial charge in [-0.2, -0.15) is 5.10 Å². The summed E-state index contributed by atoms with van der Waals surface area (Å²) >= 11 is 6.02. The van der Waals surface area contributed by atoms with Crippen molar-refractivity contribution in [1.29, 1.82) is 0 Å². The van der Waals surface area contributed by atoms with Gasteiger partial charge in [-0.1, -0.05) is 24.6 Å². The van der Waals surface area contributed by atoms with Gasteiger partial charge in [0.2, 0.25) is 0 Å². The molecule has 0 atom stereocenters. The van der Waals surface area contributed by atoms with Gasteiger partial charge in [-0.3, -0.25) is 0 Å². The van der Waals surface area contributed by atoms with Gasteiger partial charge in [0.25, 0.3) is 0 Å². The van der Waals surface area contributed by atoms with Gasteiger partial charge >= 0.3 is 0 Å². The second-order valence-corrected chi connectivity index (χ2v) is 3.30. The summed E-state index contributed by atoms with van der Waals surface area (Å²) in [6.07, 6.45) is 2.60. The fraction of sp³-hybridized carbons (Fsp3) is 0.200. The topological polar surface area (TPSA) is 30.7 Å². The van der Waals surface area contributed by atoms with Crippen LogP contribution in [0.25, 0.3) is 5.82 Å². The minimum atomic E-state index is 0.598. The number of pyridine rings is 1. The Bertz CT molecular complexity index is 422. The van der Waals surface area contributed by atoms with Gasteiger partial charge in [-0.25, -0.2) is 9.67 Å². The van der Waals surface area contributed by atoms with E-state index in [9.17, 15) is 0 Å². The van der Waals surface area contributed by atoms with E-state index in [0.717, 1.165) is 17.9 Å². The van der Waals surface area contributed by atoms with E-state index in [2.05, 4.69) is 10.1 Å². The smallest absolute Gasteiger partial charge is 0.155 e. The molecule has 72 valence electrons. The fourth-order valence-corrected chi connectivity index (χ4v) is 1.47. The van der Waals surface area contributed by atoms with Crippen LogP contribution in [-0.4, -0.2) is 14.8 Å². The van der Waals surface area contributed by atoms with Crippen LogP contribution in [0.4, 0.5) is 0 Å². The van der Waals surface area contributed by atoms with Gasteiger partial charge < -0.3 is 0 Å². The average molecular weight is 208 g/mol. The van der Waals surface area contributed by atoms with Crippen molar-refractivity contribution < 1.29 is 0 Å². The molecule has 0 aliphatic carbocycles. The highest BCUT2D eigenvalue weighted by Crippen LogP contribution is 2.15. The molecule has 0 fully saturated rings. The molecule has 2 aromatic rings. The first-order valence-electron chi connectivity index (χ1n) is 4.47. The van der Waals surface area contributed by atoms with Crippen molar-refractivity contribution in [2.45, 2.75) is 13.3 Å². The van der Waals surface area contributed by atoms with E-state index >= 15 is 0 Å². The monoisotopic (exact) mass is 207 g/mol. The Morgan fingerprint density at radius 1 is 1.43 bits per heavy atom. The van der Waals surface area contributed by atoms with E-state index in [1.165, 1.54) is 0 Å². The molecule has 0 saturated heterocycles. The van der Waals surface area contributed by atoms with E-state index in [-0.39, 0.29) is 0 Å². The number of hydrogen-bond donors (Lipinski definition) is 0. The standard InChI is InChI=1S/C10H10ClN3/c1-2-8-7-9(11)14(13-8)10-5-3-4-6-12-10/h3-7H,2H2,1H3. The normalized spacial score (nSPS) is 10.4. The van der Waals surface area contributed by atoms with Gasteiger partial charge in [0.05, 0.1) is 5.69 Å². The maximum Gasteiger partial charge on any atom is 0.155 e. The van der Waals surface area contributed by atoms with Crippen LogP contribution in [0.3, 0.4) is 0 Å². The third-order valence-electron chi connectivity index (χ3n) is 1.95. The summed E-state index contributed by atoms with van der Waals surface area (Å²) in [6, 6.07) is 7.50. The van der Waals surface area contributed by atoms with Crippen LogP contribution in [0.1, 0.15) is 12.6 Å². The summed E-state index contributed by atoms with van der Waals surface area (Å²) in [6.45, 7) is 2.04. The molecular formula is C10H10ClN3. The highest BCUT2D eigenvalue weighted by molar-refractivity contribution is 6.29. The number of aryl methyl sites for hydroxylation is 1. The molecule has 0 radical (unpaired) electrons. The number of hydrogen-bond acceptors (Lipinski definition) is 2. The van der Waals surface area contributed by atoms with Crippen molar-refractivity contribution in [3.8, 4) is 5.82 Å². The molecule has 0 saturated carbocycles. The zero-order chi connectivity index (χ0) is 9.97. The van der Waals surface area contributed by atoms with Crippen LogP contribution in [-0.2, 0) is 6.42 Å². The molecule has 3 nitrogen and oxygen atoms in total. The van der Waals surface area contributed by atoms with Crippen molar-refractivity contribution in [2.75, 3.05) is 0 Å². The number of halogens is 1. The maximum atomic E-state index is 6.02. The van der Waals surface area contributed by atoms with Crippen molar-refractivity contribution in [3.63, 3.8) is 0 Å². The van der Waals surface area contributed by atoms with E-state index in [4.69, 9.17) is 11.6 Å². The van der Waals surface area contributed by atoms with Crippen LogP contribution in [0.5, 0.6) is 0 Å². The average Bonchev–Trinajstić information content (AvgIpc) is 2.61. The van der Waals surface area contributed by atoms with Gasteiger partial charge in [-0.15, -0.1) is 0 Å². The Morgan fingerprint density at radius 2 is 2.29 bits per heavy atom. The van der Waals surface area contributed by atoms with Crippen LogP contribution < -0.4 is 0 Å². The molecule has 14 heavy (non-hydrogen) atoms. The molecule has 2 aromatic heterocycles. The van der Waals surface area contributed by atoms with Crippen LogP contribution in [0.15, 0.2) is 30.5 Å². The summed E-state index contributed by atoms with van der Waals surface area (Å²) in [5.41, 5.74) is 0.973. The first kappa shape index (κ1) is 9.21. The molecule has 0 bridgehead atoms. The zero-order valence-electron chi connectivity index (χ0n) is 7.81. The van der Waals surface area contributed by atoms with Crippen molar-refractivity contribution >= 4 is 11.6 Å². The summed E-state index contributed by atoms with van der Waals surface area (Å²) in [7, 11) is 0. The lowest BCUT2D eigenvalue weighted by Crippen LogP contribution is -1.99. The summed E-state index contributed by atoms with van der Waals surface area (Å²) in [5.74, 6) is 0.747. The molecule has 0 aliphatic rings. The number of nitrogens with zero attached hydrogens (tertiary/aromatic N) is 3. The van der Waals surface area contributed by atoms with Crippen molar-refractivity contribution in [1.82, 2.24) is 14.8 Å². The second-order valence-electron chi connectivity index (χ2n) is 2.91. The summed E-state index contributed by atoms with van der Waals surface area (Å²) < 4.78 is 1.64. The van der Waals surface area contributed by atoms with E-state index in [1.807, 2.05) is 31.2 Å². The highest BCUT2D eigenvalue weighted by atomic mass is 35.5. The first-order valence-corrected chi connectivity index (χ1v) is 4.85. The van der Waals surface area contributed by atoms with Crippen LogP contribution in [0.2, 0.25) is 5.15 Å². The quantitative estimate of drug-likeness (QED) is 0.758. The molecule has 0 aromatic carbocycles. The lowest BCUT2D eigenvalue weighted by atomic mass is 10.3. The molecule has 4 heteroatoms. The molecule has 0 unspecified atom stereocenters. The molecule has 2 heterocycles. The molecule has 0 spiro atoms. The highest BCUT2D eigenvalue weighted by Gasteiger charge is 2.06. The minimum absolute atomic E-state index is 0.598. The number of aromatic nitrogens is 3. The lowest BCUT2D eigenvalue weighted by Gasteiger charge is -1.99. The van der Waals surface area contributed by atoms with E-state index in [1.54, 1.807) is 10.9 Å². The Balaban J connectivity index is 2.46. The predicted octanol–water partition coefficient (Wildman–Crippen LogP) is 2.48. The van der Waals surface area contributed by atoms with Crippen LogP contribution >= 0.6 is 11.6 Å². The van der Waals surface area contributed by atoms with Crippen molar-refractivity contribution in [2.24, 2.45) is 0 Å². The largest absolute Gasteiger partial charge is 0.237 e. The Labute approximate surface area is 87.3 Å². The maximum absolute atomic E-state index is 6.02. The Kier molecular flexibility index (Phi) is 2.50. The molecule has 0 amide bonds. The third-order valence-corrected chi connectivity index (χ3v) is 2.21. The van der Waals surface area contributed by atoms with Gasteiger partial charge in [-0.05, 0) is 24.6 Å². The Hall–Kier alpha value is -1.35. The molecular weight excluding hydrogens is 198 g/mol. The van der Waals surface area contributed by atoms with Gasteiger partial charge in [0, 0.05) is 6.20 Å². The van der Waals surface area contributed by atoms with Gasteiger partial charge in [0.15, 0.2) is 5.82 Å². The van der Waals surface area contributed by atoms with Crippen molar-refractivity contribution in [3.05, 3.63) is 41.3 Å². The van der Waals surface area contributed by atoms with E-state index < -0.39 is 0 Å². The third kappa shape index (κ3) is 1.63. The predicted molar refractivity (Wildman–Crippen MR) is 55.7 cm³/mol. The lowest BCUT2D eigenvalue weighted by molar-refractivity contribution is 0.817. The molecule has 0 N–H and O–H groups in total. The summed E-state index contributed by atoms with van der Waals surface area (Å²) in [4.78, 5) is 4.17. The zero-order valence-corrected chi connectivity index (χ0v) is 8.57. The van der Waals surface area contributed by atoms with Gasteiger partial charge in [0.1, 0.15) is 5.15 Å². The van der Waals surface area contributed by atoms with E-state index in [0.29, 0.717) is 5.15 Å².